The molecule has 1 amide bonds. The van der Waals surface area contributed by atoms with Crippen LogP contribution in [-0.2, 0) is 0 Å². The topological polar surface area (TPSA) is 32.3 Å². The number of amides is 1. The van der Waals surface area contributed by atoms with Gasteiger partial charge in [0.15, 0.2) is 0 Å². The van der Waals surface area contributed by atoms with Gasteiger partial charge in [-0.25, -0.2) is 0 Å². The maximum atomic E-state index is 12.7. The van der Waals surface area contributed by atoms with Crippen molar-refractivity contribution in [3.8, 4) is 0 Å². The number of hydrogen-bond acceptors (Lipinski definition) is 2. The second-order valence-electron chi connectivity index (χ2n) is 5.87. The summed E-state index contributed by atoms with van der Waals surface area (Å²) in [6.45, 7) is 9.93. The van der Waals surface area contributed by atoms with Crippen molar-refractivity contribution in [1.82, 2.24) is 10.2 Å². The Bertz CT molecular complexity index is 464. The highest BCUT2D eigenvalue weighted by atomic mass is 16.2. The Morgan fingerprint density at radius 1 is 1.40 bits per heavy atom. The summed E-state index contributed by atoms with van der Waals surface area (Å²) >= 11 is 0. The molecule has 1 N–H and O–H groups in total. The molecule has 1 aromatic carbocycles. The van der Waals surface area contributed by atoms with Crippen LogP contribution >= 0.6 is 0 Å². The number of benzene rings is 1. The Labute approximate surface area is 122 Å². The molecule has 1 aliphatic rings. The highest BCUT2D eigenvalue weighted by Gasteiger charge is 2.21. The molecule has 3 heteroatoms. The van der Waals surface area contributed by atoms with Crippen molar-refractivity contribution in [3.63, 3.8) is 0 Å². The third kappa shape index (κ3) is 3.60. The molecule has 1 heterocycles. The lowest BCUT2D eigenvalue weighted by Crippen LogP contribution is -2.41. The van der Waals surface area contributed by atoms with E-state index in [9.17, 15) is 4.79 Å². The van der Waals surface area contributed by atoms with Gasteiger partial charge < -0.3 is 10.2 Å². The molecule has 1 fully saturated rings. The standard InChI is InChI=1S/C17H26N2O/c1-4-19(12-15-6-5-9-18-11-15)17(20)16-10-13(2)7-8-14(16)3/h7-8,10,15,18H,4-6,9,11-12H2,1-3H3. The molecule has 1 aliphatic heterocycles. The van der Waals surface area contributed by atoms with Crippen molar-refractivity contribution in [2.45, 2.75) is 33.6 Å². The smallest absolute Gasteiger partial charge is 0.254 e. The number of nitrogens with zero attached hydrogens (tertiary/aromatic N) is 1. The largest absolute Gasteiger partial charge is 0.339 e. The molecule has 0 aliphatic carbocycles. The molecular formula is C17H26N2O. The van der Waals surface area contributed by atoms with Crippen molar-refractivity contribution in [2.75, 3.05) is 26.2 Å². The number of carbonyl (C=O) groups excluding carboxylic acids is 1. The van der Waals surface area contributed by atoms with Gasteiger partial charge in [-0.3, -0.25) is 4.79 Å². The van der Waals surface area contributed by atoms with Gasteiger partial charge in [0.2, 0.25) is 0 Å². The van der Waals surface area contributed by atoms with Crippen LogP contribution in [0.3, 0.4) is 0 Å². The normalized spacial score (nSPS) is 18.9. The maximum Gasteiger partial charge on any atom is 0.254 e. The van der Waals surface area contributed by atoms with E-state index in [1.54, 1.807) is 0 Å². The van der Waals surface area contributed by atoms with Crippen LogP contribution in [0.1, 0.15) is 41.3 Å². The van der Waals surface area contributed by atoms with Crippen LogP contribution in [0.2, 0.25) is 0 Å². The van der Waals surface area contributed by atoms with Gasteiger partial charge in [0, 0.05) is 18.7 Å². The van der Waals surface area contributed by atoms with Crippen LogP contribution in [0.15, 0.2) is 18.2 Å². The first-order valence-corrected chi connectivity index (χ1v) is 7.69. The minimum Gasteiger partial charge on any atom is -0.339 e. The van der Waals surface area contributed by atoms with E-state index in [1.165, 1.54) is 12.8 Å². The molecule has 110 valence electrons. The third-order valence-corrected chi connectivity index (χ3v) is 4.17. The SMILES string of the molecule is CCN(CC1CCCNC1)C(=O)c1cc(C)ccc1C. The summed E-state index contributed by atoms with van der Waals surface area (Å²) in [5.41, 5.74) is 3.07. The first-order chi connectivity index (χ1) is 9.61. The first kappa shape index (κ1) is 15.0. The van der Waals surface area contributed by atoms with Gasteiger partial charge in [0.05, 0.1) is 0 Å². The van der Waals surface area contributed by atoms with E-state index in [4.69, 9.17) is 0 Å². The van der Waals surface area contributed by atoms with Crippen molar-refractivity contribution in [1.29, 1.82) is 0 Å². The van der Waals surface area contributed by atoms with Crippen LogP contribution in [-0.4, -0.2) is 37.0 Å². The fourth-order valence-electron chi connectivity index (χ4n) is 2.88. The van der Waals surface area contributed by atoms with Gasteiger partial charge in [0.1, 0.15) is 0 Å². The summed E-state index contributed by atoms with van der Waals surface area (Å²) in [6, 6.07) is 6.12. The highest BCUT2D eigenvalue weighted by Crippen LogP contribution is 2.17. The predicted molar refractivity (Wildman–Crippen MR) is 83.1 cm³/mol. The quantitative estimate of drug-likeness (QED) is 0.915. The van der Waals surface area contributed by atoms with Gasteiger partial charge in [-0.1, -0.05) is 17.7 Å². The first-order valence-electron chi connectivity index (χ1n) is 7.69. The third-order valence-electron chi connectivity index (χ3n) is 4.17. The van der Waals surface area contributed by atoms with E-state index < -0.39 is 0 Å². The van der Waals surface area contributed by atoms with Crippen LogP contribution in [0.5, 0.6) is 0 Å². The summed E-state index contributed by atoms with van der Waals surface area (Å²) in [5.74, 6) is 0.775. The molecule has 0 saturated carbocycles. The zero-order valence-electron chi connectivity index (χ0n) is 12.9. The lowest BCUT2D eigenvalue weighted by molar-refractivity contribution is 0.0728. The Kier molecular flexibility index (Phi) is 5.18. The molecular weight excluding hydrogens is 248 g/mol. The monoisotopic (exact) mass is 274 g/mol. The zero-order valence-corrected chi connectivity index (χ0v) is 12.9. The van der Waals surface area contributed by atoms with Crippen LogP contribution < -0.4 is 5.32 Å². The summed E-state index contributed by atoms with van der Waals surface area (Å²) in [5, 5.41) is 3.43. The van der Waals surface area contributed by atoms with Crippen LogP contribution in [0, 0.1) is 19.8 Å². The van der Waals surface area contributed by atoms with Crippen molar-refractivity contribution in [2.24, 2.45) is 5.92 Å². The van der Waals surface area contributed by atoms with E-state index >= 15 is 0 Å². The van der Waals surface area contributed by atoms with E-state index in [2.05, 4.69) is 18.3 Å². The number of rotatable bonds is 4. The van der Waals surface area contributed by atoms with Crippen molar-refractivity contribution >= 4 is 5.91 Å². The highest BCUT2D eigenvalue weighted by molar-refractivity contribution is 5.95. The fraction of sp³-hybridized carbons (Fsp3) is 0.588. The van der Waals surface area contributed by atoms with Gasteiger partial charge in [-0.15, -0.1) is 0 Å². The molecule has 2 rings (SSSR count). The summed E-state index contributed by atoms with van der Waals surface area (Å²) in [6.07, 6.45) is 2.45. The lowest BCUT2D eigenvalue weighted by Gasteiger charge is -2.30. The number of hydrogen-bond donors (Lipinski definition) is 1. The van der Waals surface area contributed by atoms with E-state index in [0.717, 1.165) is 42.9 Å². The zero-order chi connectivity index (χ0) is 14.5. The van der Waals surface area contributed by atoms with Gasteiger partial charge in [-0.2, -0.15) is 0 Å². The fourth-order valence-corrected chi connectivity index (χ4v) is 2.88. The molecule has 1 unspecified atom stereocenters. The molecule has 1 saturated heterocycles. The molecule has 0 aromatic heterocycles. The van der Waals surface area contributed by atoms with E-state index in [1.807, 2.05) is 30.9 Å². The Balaban J connectivity index is 2.09. The molecule has 1 aromatic rings. The van der Waals surface area contributed by atoms with Gasteiger partial charge in [-0.05, 0) is 64.3 Å². The number of nitrogens with one attached hydrogen (secondary N) is 1. The maximum absolute atomic E-state index is 12.7. The Hall–Kier alpha value is -1.35. The minimum atomic E-state index is 0.180. The summed E-state index contributed by atoms with van der Waals surface area (Å²) < 4.78 is 0. The number of piperidine rings is 1. The molecule has 0 radical (unpaired) electrons. The van der Waals surface area contributed by atoms with Crippen molar-refractivity contribution < 1.29 is 4.79 Å². The Morgan fingerprint density at radius 2 is 2.20 bits per heavy atom. The molecule has 0 spiro atoms. The average Bonchev–Trinajstić information content (AvgIpc) is 2.47. The number of aryl methyl sites for hydroxylation is 2. The number of carbonyl (C=O) groups is 1. The van der Waals surface area contributed by atoms with E-state index in [0.29, 0.717) is 5.92 Å². The summed E-state index contributed by atoms with van der Waals surface area (Å²) in [4.78, 5) is 14.7. The second kappa shape index (κ2) is 6.89. The predicted octanol–water partition coefficient (Wildman–Crippen LogP) is 2.77. The second-order valence-corrected chi connectivity index (χ2v) is 5.87. The van der Waals surface area contributed by atoms with Gasteiger partial charge >= 0.3 is 0 Å². The molecule has 3 nitrogen and oxygen atoms in total. The average molecular weight is 274 g/mol. The van der Waals surface area contributed by atoms with Crippen molar-refractivity contribution in [3.05, 3.63) is 34.9 Å². The molecule has 20 heavy (non-hydrogen) atoms. The molecule has 0 bridgehead atoms. The van der Waals surface area contributed by atoms with Crippen LogP contribution in [0.4, 0.5) is 0 Å². The Morgan fingerprint density at radius 3 is 2.85 bits per heavy atom. The van der Waals surface area contributed by atoms with Gasteiger partial charge in [0.25, 0.3) is 5.91 Å². The summed E-state index contributed by atoms with van der Waals surface area (Å²) in [7, 11) is 0. The van der Waals surface area contributed by atoms with E-state index in [-0.39, 0.29) is 5.91 Å². The minimum absolute atomic E-state index is 0.180. The molecule has 1 atom stereocenters. The lowest BCUT2D eigenvalue weighted by atomic mass is 9.98. The van der Waals surface area contributed by atoms with Crippen LogP contribution in [0.25, 0.3) is 0 Å².